The molecule has 0 fully saturated rings. The third-order valence-corrected chi connectivity index (χ3v) is 3.25. The van der Waals surface area contributed by atoms with Crippen LogP contribution in [-0.2, 0) is 6.42 Å². The lowest BCUT2D eigenvalue weighted by Crippen LogP contribution is -2.46. The van der Waals surface area contributed by atoms with E-state index in [1.165, 1.54) is 5.56 Å². The van der Waals surface area contributed by atoms with Crippen LogP contribution in [0.1, 0.15) is 19.4 Å². The summed E-state index contributed by atoms with van der Waals surface area (Å²) < 4.78 is 0. The van der Waals surface area contributed by atoms with E-state index in [0.717, 1.165) is 6.42 Å². The summed E-state index contributed by atoms with van der Waals surface area (Å²) in [5, 5.41) is 12.6. The predicted octanol–water partition coefficient (Wildman–Crippen LogP) is 1.16. The van der Waals surface area contributed by atoms with Crippen LogP contribution in [0.5, 0.6) is 0 Å². The lowest BCUT2D eigenvalue weighted by molar-refractivity contribution is 0.201. The fourth-order valence-corrected chi connectivity index (χ4v) is 1.80. The lowest BCUT2D eigenvalue weighted by atomic mass is 10.0. The quantitative estimate of drug-likeness (QED) is 0.666. The molecule has 4 N–H and O–H groups in total. The van der Waals surface area contributed by atoms with E-state index in [0.29, 0.717) is 6.54 Å². The molecule has 0 aromatic heterocycles. The highest BCUT2D eigenvalue weighted by Gasteiger charge is 2.15. The first-order valence-corrected chi connectivity index (χ1v) is 6.28. The molecule has 0 bridgehead atoms. The number of aliphatic hydroxyl groups is 1. The minimum Gasteiger partial charge on any atom is -0.396 e. The largest absolute Gasteiger partial charge is 0.396 e. The van der Waals surface area contributed by atoms with Crippen molar-refractivity contribution < 1.29 is 5.11 Å². The van der Waals surface area contributed by atoms with Crippen molar-refractivity contribution in [1.82, 2.24) is 5.32 Å². The van der Waals surface area contributed by atoms with E-state index in [-0.39, 0.29) is 24.6 Å². The maximum absolute atomic E-state index is 9.11. The van der Waals surface area contributed by atoms with E-state index in [2.05, 4.69) is 24.4 Å². The zero-order valence-corrected chi connectivity index (χ0v) is 10.8. The zero-order valence-electron chi connectivity index (χ0n) is 10.8. The van der Waals surface area contributed by atoms with Crippen molar-refractivity contribution in [2.45, 2.75) is 32.4 Å². The molecule has 0 saturated heterocycles. The van der Waals surface area contributed by atoms with Gasteiger partial charge in [-0.1, -0.05) is 37.3 Å². The zero-order chi connectivity index (χ0) is 12.7. The first kappa shape index (κ1) is 14.2. The van der Waals surface area contributed by atoms with Gasteiger partial charge in [-0.15, -0.1) is 0 Å². The highest BCUT2D eigenvalue weighted by atomic mass is 16.3. The lowest BCUT2D eigenvalue weighted by Gasteiger charge is -2.25. The fourth-order valence-electron chi connectivity index (χ4n) is 1.80. The number of nitrogens with two attached hydrogens (primary N) is 1. The SMILES string of the molecule is CC(CO)C(C)NC(CN)Cc1ccccc1. The van der Waals surface area contributed by atoms with E-state index in [9.17, 15) is 0 Å². The molecule has 0 spiro atoms. The first-order valence-electron chi connectivity index (χ1n) is 6.28. The standard InChI is InChI=1S/C14H24N2O/c1-11(10-17)12(2)16-14(9-15)8-13-6-4-3-5-7-13/h3-7,11-12,14,16-17H,8-10,15H2,1-2H3. The molecule has 0 aliphatic heterocycles. The van der Waals surface area contributed by atoms with Crippen LogP contribution in [-0.4, -0.2) is 30.3 Å². The molecular formula is C14H24N2O. The van der Waals surface area contributed by atoms with Gasteiger partial charge < -0.3 is 16.2 Å². The van der Waals surface area contributed by atoms with E-state index in [1.807, 2.05) is 25.1 Å². The number of nitrogens with one attached hydrogen (secondary N) is 1. The van der Waals surface area contributed by atoms with Crippen LogP contribution in [0.4, 0.5) is 0 Å². The molecule has 3 atom stereocenters. The molecule has 17 heavy (non-hydrogen) atoms. The van der Waals surface area contributed by atoms with Crippen LogP contribution in [0.2, 0.25) is 0 Å². The van der Waals surface area contributed by atoms with E-state index in [4.69, 9.17) is 10.8 Å². The van der Waals surface area contributed by atoms with Crippen molar-refractivity contribution in [2.75, 3.05) is 13.2 Å². The monoisotopic (exact) mass is 236 g/mol. The molecule has 0 aliphatic rings. The summed E-state index contributed by atoms with van der Waals surface area (Å²) >= 11 is 0. The van der Waals surface area contributed by atoms with Crippen molar-refractivity contribution >= 4 is 0 Å². The van der Waals surface area contributed by atoms with Gasteiger partial charge in [0.1, 0.15) is 0 Å². The van der Waals surface area contributed by atoms with Crippen molar-refractivity contribution in [3.8, 4) is 0 Å². The normalized spacial score (nSPS) is 16.5. The summed E-state index contributed by atoms with van der Waals surface area (Å²) in [6.07, 6.45) is 0.930. The average Bonchev–Trinajstić information content (AvgIpc) is 2.38. The van der Waals surface area contributed by atoms with Gasteiger partial charge >= 0.3 is 0 Å². The third kappa shape index (κ3) is 4.86. The Morgan fingerprint density at radius 1 is 1.24 bits per heavy atom. The van der Waals surface area contributed by atoms with Gasteiger partial charge in [0, 0.05) is 25.2 Å². The molecule has 3 unspecified atom stereocenters. The summed E-state index contributed by atoms with van der Waals surface area (Å²) in [6, 6.07) is 10.9. The minimum atomic E-state index is 0.205. The van der Waals surface area contributed by atoms with Gasteiger partial charge in [-0.25, -0.2) is 0 Å². The second-order valence-corrected chi connectivity index (χ2v) is 4.74. The second kappa shape index (κ2) is 7.43. The maximum Gasteiger partial charge on any atom is 0.0471 e. The Morgan fingerprint density at radius 3 is 2.41 bits per heavy atom. The van der Waals surface area contributed by atoms with Crippen LogP contribution in [0, 0.1) is 5.92 Å². The van der Waals surface area contributed by atoms with Gasteiger partial charge in [0.05, 0.1) is 0 Å². The Bertz CT molecular complexity index is 302. The fraction of sp³-hybridized carbons (Fsp3) is 0.571. The van der Waals surface area contributed by atoms with Gasteiger partial charge in [0.2, 0.25) is 0 Å². The minimum absolute atomic E-state index is 0.205. The Labute approximate surface area is 104 Å². The Kier molecular flexibility index (Phi) is 6.19. The molecule has 0 amide bonds. The maximum atomic E-state index is 9.11. The smallest absolute Gasteiger partial charge is 0.0471 e. The molecular weight excluding hydrogens is 212 g/mol. The van der Waals surface area contributed by atoms with E-state index in [1.54, 1.807) is 0 Å². The average molecular weight is 236 g/mol. The number of aliphatic hydroxyl groups excluding tert-OH is 1. The molecule has 0 heterocycles. The summed E-state index contributed by atoms with van der Waals surface area (Å²) in [6.45, 7) is 4.94. The molecule has 3 nitrogen and oxygen atoms in total. The van der Waals surface area contributed by atoms with Gasteiger partial charge in [-0.3, -0.25) is 0 Å². The molecule has 0 saturated carbocycles. The molecule has 1 rings (SSSR count). The van der Waals surface area contributed by atoms with Gasteiger partial charge in [0.25, 0.3) is 0 Å². The van der Waals surface area contributed by atoms with Crippen molar-refractivity contribution in [2.24, 2.45) is 11.7 Å². The van der Waals surface area contributed by atoms with Crippen LogP contribution in [0.15, 0.2) is 30.3 Å². The Morgan fingerprint density at radius 2 is 1.88 bits per heavy atom. The topological polar surface area (TPSA) is 58.3 Å². The summed E-state index contributed by atoms with van der Waals surface area (Å²) in [5.74, 6) is 0.250. The summed E-state index contributed by atoms with van der Waals surface area (Å²) in [5.41, 5.74) is 7.08. The van der Waals surface area contributed by atoms with Crippen LogP contribution in [0.3, 0.4) is 0 Å². The predicted molar refractivity (Wildman–Crippen MR) is 71.8 cm³/mol. The van der Waals surface area contributed by atoms with Crippen LogP contribution >= 0.6 is 0 Å². The molecule has 0 radical (unpaired) electrons. The highest BCUT2D eigenvalue weighted by Crippen LogP contribution is 2.06. The van der Waals surface area contributed by atoms with E-state index < -0.39 is 0 Å². The molecule has 1 aromatic carbocycles. The molecule has 1 aromatic rings. The van der Waals surface area contributed by atoms with E-state index >= 15 is 0 Å². The molecule has 3 heteroatoms. The highest BCUT2D eigenvalue weighted by molar-refractivity contribution is 5.16. The summed E-state index contributed by atoms with van der Waals surface area (Å²) in [4.78, 5) is 0. The Balaban J connectivity index is 2.49. The number of hydrogen-bond acceptors (Lipinski definition) is 3. The first-order chi connectivity index (χ1) is 8.17. The number of rotatable bonds is 7. The van der Waals surface area contributed by atoms with Crippen LogP contribution < -0.4 is 11.1 Å². The molecule has 96 valence electrons. The van der Waals surface area contributed by atoms with Crippen molar-refractivity contribution in [3.63, 3.8) is 0 Å². The molecule has 0 aliphatic carbocycles. The number of benzene rings is 1. The van der Waals surface area contributed by atoms with Gasteiger partial charge in [0.15, 0.2) is 0 Å². The van der Waals surface area contributed by atoms with Crippen molar-refractivity contribution in [1.29, 1.82) is 0 Å². The number of hydrogen-bond donors (Lipinski definition) is 3. The summed E-state index contributed by atoms with van der Waals surface area (Å²) in [7, 11) is 0. The van der Waals surface area contributed by atoms with Crippen molar-refractivity contribution in [3.05, 3.63) is 35.9 Å². The van der Waals surface area contributed by atoms with Gasteiger partial charge in [-0.05, 0) is 24.8 Å². The third-order valence-electron chi connectivity index (χ3n) is 3.25. The van der Waals surface area contributed by atoms with Gasteiger partial charge in [-0.2, -0.15) is 0 Å². The van der Waals surface area contributed by atoms with Crippen LogP contribution in [0.25, 0.3) is 0 Å². The Hall–Kier alpha value is -0.900. The second-order valence-electron chi connectivity index (χ2n) is 4.74.